The molecule has 0 saturated carbocycles. The zero-order valence-corrected chi connectivity index (χ0v) is 16.2. The van der Waals surface area contributed by atoms with Gasteiger partial charge in [-0.3, -0.25) is 0 Å². The van der Waals surface area contributed by atoms with E-state index >= 15 is 0 Å². The van der Waals surface area contributed by atoms with Gasteiger partial charge in [0, 0.05) is 10.0 Å². The molecule has 0 bridgehead atoms. The molecule has 1 aliphatic rings. The Bertz CT molecular complexity index is 841. The predicted molar refractivity (Wildman–Crippen MR) is 106 cm³/mol. The van der Waals surface area contributed by atoms with Gasteiger partial charge >= 0.3 is 5.97 Å². The molecule has 0 atom stereocenters. The highest BCUT2D eigenvalue weighted by atomic mass is 79.9. The Morgan fingerprint density at radius 3 is 2.69 bits per heavy atom. The fourth-order valence-corrected chi connectivity index (χ4v) is 2.91. The number of ether oxygens (including phenoxy) is 2. The number of benzene rings is 2. The van der Waals surface area contributed by atoms with Gasteiger partial charge in [-0.25, -0.2) is 9.79 Å². The smallest absolute Gasteiger partial charge is 0.363 e. The second kappa shape index (κ2) is 8.81. The SMILES string of the molecule is CCCCCOc1ccc(/C=C2\N=C(c3cccc(Br)c3)OC2=O)cc1. The lowest BCUT2D eigenvalue weighted by atomic mass is 10.2. The summed E-state index contributed by atoms with van der Waals surface area (Å²) in [5.41, 5.74) is 1.92. The number of carbonyl (C=O) groups is 1. The van der Waals surface area contributed by atoms with Crippen molar-refractivity contribution in [2.45, 2.75) is 26.2 Å². The molecule has 0 saturated heterocycles. The zero-order valence-electron chi connectivity index (χ0n) is 14.6. The van der Waals surface area contributed by atoms with Gasteiger partial charge in [-0.05, 0) is 48.4 Å². The minimum atomic E-state index is -0.445. The summed E-state index contributed by atoms with van der Waals surface area (Å²) in [6, 6.07) is 15.1. The number of carbonyl (C=O) groups excluding carboxylic acids is 1. The van der Waals surface area contributed by atoms with Crippen molar-refractivity contribution >= 4 is 33.9 Å². The first-order valence-electron chi connectivity index (χ1n) is 8.67. The van der Waals surface area contributed by atoms with Crippen LogP contribution >= 0.6 is 15.9 Å². The van der Waals surface area contributed by atoms with Crippen molar-refractivity contribution in [2.75, 3.05) is 6.61 Å². The largest absolute Gasteiger partial charge is 0.494 e. The molecule has 0 unspecified atom stereocenters. The molecule has 0 aromatic heterocycles. The van der Waals surface area contributed by atoms with E-state index in [1.807, 2.05) is 48.5 Å². The van der Waals surface area contributed by atoms with E-state index in [0.717, 1.165) is 34.4 Å². The van der Waals surface area contributed by atoms with Crippen molar-refractivity contribution in [3.63, 3.8) is 0 Å². The summed E-state index contributed by atoms with van der Waals surface area (Å²) in [5.74, 6) is 0.703. The van der Waals surface area contributed by atoms with Crippen molar-refractivity contribution < 1.29 is 14.3 Å². The fourth-order valence-electron chi connectivity index (χ4n) is 2.51. The molecule has 26 heavy (non-hydrogen) atoms. The summed E-state index contributed by atoms with van der Waals surface area (Å²) >= 11 is 3.40. The molecule has 134 valence electrons. The normalized spacial score (nSPS) is 15.1. The van der Waals surface area contributed by atoms with E-state index in [0.29, 0.717) is 5.90 Å². The molecule has 0 aliphatic carbocycles. The number of unbranched alkanes of at least 4 members (excludes halogenated alkanes) is 2. The number of nitrogens with zero attached hydrogens (tertiary/aromatic N) is 1. The summed E-state index contributed by atoms with van der Waals surface area (Å²) < 4.78 is 11.9. The first kappa shape index (κ1) is 18.4. The fraction of sp³-hybridized carbons (Fsp3) is 0.238. The highest BCUT2D eigenvalue weighted by Crippen LogP contribution is 2.22. The van der Waals surface area contributed by atoms with Gasteiger partial charge in [-0.15, -0.1) is 0 Å². The summed E-state index contributed by atoms with van der Waals surface area (Å²) in [7, 11) is 0. The van der Waals surface area contributed by atoms with Crippen LogP contribution in [0.2, 0.25) is 0 Å². The van der Waals surface area contributed by atoms with Crippen LogP contribution < -0.4 is 4.74 Å². The number of esters is 1. The number of aliphatic imine (C=N–C) groups is 1. The zero-order chi connectivity index (χ0) is 18.4. The monoisotopic (exact) mass is 413 g/mol. The Morgan fingerprint density at radius 1 is 1.15 bits per heavy atom. The third-order valence-electron chi connectivity index (χ3n) is 3.89. The molecule has 2 aromatic carbocycles. The summed E-state index contributed by atoms with van der Waals surface area (Å²) in [6.07, 6.45) is 5.12. The van der Waals surface area contributed by atoms with Gasteiger partial charge in [0.1, 0.15) is 5.75 Å². The summed E-state index contributed by atoms with van der Waals surface area (Å²) in [6.45, 7) is 2.89. The molecule has 0 fully saturated rings. The van der Waals surface area contributed by atoms with Gasteiger partial charge in [0.15, 0.2) is 5.70 Å². The summed E-state index contributed by atoms with van der Waals surface area (Å²) in [4.78, 5) is 16.4. The average molecular weight is 414 g/mol. The second-order valence-corrected chi connectivity index (χ2v) is 6.89. The van der Waals surface area contributed by atoms with E-state index in [1.165, 1.54) is 12.8 Å². The molecule has 2 aromatic rings. The van der Waals surface area contributed by atoms with Crippen molar-refractivity contribution in [1.29, 1.82) is 0 Å². The molecule has 1 aliphatic heterocycles. The number of halogens is 1. The molecule has 0 spiro atoms. The van der Waals surface area contributed by atoms with Gasteiger partial charge < -0.3 is 9.47 Å². The molecule has 1 heterocycles. The topological polar surface area (TPSA) is 47.9 Å². The van der Waals surface area contributed by atoms with Gasteiger partial charge in [0.05, 0.1) is 6.61 Å². The van der Waals surface area contributed by atoms with Crippen molar-refractivity contribution in [2.24, 2.45) is 4.99 Å². The lowest BCUT2D eigenvalue weighted by molar-refractivity contribution is -0.129. The number of hydrogen-bond donors (Lipinski definition) is 0. The molecular weight excluding hydrogens is 394 g/mol. The van der Waals surface area contributed by atoms with Crippen LogP contribution in [-0.2, 0) is 9.53 Å². The minimum Gasteiger partial charge on any atom is -0.494 e. The van der Waals surface area contributed by atoms with Crippen LogP contribution in [0.25, 0.3) is 6.08 Å². The van der Waals surface area contributed by atoms with Crippen LogP contribution in [0.15, 0.2) is 63.7 Å². The van der Waals surface area contributed by atoms with Gasteiger partial charge in [0.25, 0.3) is 0 Å². The van der Waals surface area contributed by atoms with Crippen molar-refractivity contribution in [1.82, 2.24) is 0 Å². The minimum absolute atomic E-state index is 0.289. The quantitative estimate of drug-likeness (QED) is 0.348. The number of hydrogen-bond acceptors (Lipinski definition) is 4. The van der Waals surface area contributed by atoms with Gasteiger partial charge in [0.2, 0.25) is 5.90 Å². The average Bonchev–Trinajstić information content (AvgIpc) is 3.01. The Morgan fingerprint density at radius 2 is 1.96 bits per heavy atom. The highest BCUT2D eigenvalue weighted by Gasteiger charge is 2.24. The molecule has 4 nitrogen and oxygen atoms in total. The van der Waals surface area contributed by atoms with E-state index in [4.69, 9.17) is 9.47 Å². The van der Waals surface area contributed by atoms with Crippen LogP contribution in [0.5, 0.6) is 5.75 Å². The van der Waals surface area contributed by atoms with Gasteiger partial charge in [-0.1, -0.05) is 53.9 Å². The molecule has 5 heteroatoms. The van der Waals surface area contributed by atoms with E-state index in [2.05, 4.69) is 27.8 Å². The molecular formula is C21H20BrNO3. The first-order valence-corrected chi connectivity index (χ1v) is 9.46. The van der Waals surface area contributed by atoms with Crippen LogP contribution in [0.1, 0.15) is 37.3 Å². The van der Waals surface area contributed by atoms with E-state index < -0.39 is 5.97 Å². The van der Waals surface area contributed by atoms with E-state index in [-0.39, 0.29) is 5.70 Å². The van der Waals surface area contributed by atoms with Crippen LogP contribution in [0.3, 0.4) is 0 Å². The highest BCUT2D eigenvalue weighted by molar-refractivity contribution is 9.10. The maximum atomic E-state index is 12.1. The molecule has 0 radical (unpaired) electrons. The van der Waals surface area contributed by atoms with Crippen LogP contribution in [0, 0.1) is 0 Å². The first-order chi connectivity index (χ1) is 12.7. The second-order valence-electron chi connectivity index (χ2n) is 5.97. The van der Waals surface area contributed by atoms with E-state index in [9.17, 15) is 4.79 Å². The maximum Gasteiger partial charge on any atom is 0.363 e. The van der Waals surface area contributed by atoms with Gasteiger partial charge in [-0.2, -0.15) is 0 Å². The van der Waals surface area contributed by atoms with Crippen LogP contribution in [0.4, 0.5) is 0 Å². The Hall–Kier alpha value is -2.40. The Kier molecular flexibility index (Phi) is 6.23. The summed E-state index contributed by atoms with van der Waals surface area (Å²) in [5, 5.41) is 0. The third-order valence-corrected chi connectivity index (χ3v) is 4.39. The van der Waals surface area contributed by atoms with E-state index in [1.54, 1.807) is 6.08 Å². The third kappa shape index (κ3) is 4.82. The number of cyclic esters (lactones) is 1. The standard InChI is InChI=1S/C21H20BrNO3/c1-2-3-4-12-25-18-10-8-15(9-11-18)13-19-21(24)26-20(23-19)16-6-5-7-17(22)14-16/h5-11,13-14H,2-4,12H2,1H3/b19-13-. The maximum absolute atomic E-state index is 12.1. The molecule has 0 N–H and O–H groups in total. The van der Waals surface area contributed by atoms with Crippen molar-refractivity contribution in [3.8, 4) is 5.75 Å². The van der Waals surface area contributed by atoms with Crippen molar-refractivity contribution in [3.05, 3.63) is 69.8 Å². The predicted octanol–water partition coefficient (Wildman–Crippen LogP) is 5.36. The lowest BCUT2D eigenvalue weighted by Crippen LogP contribution is -2.05. The molecule has 3 rings (SSSR count). The molecule has 0 amide bonds. The van der Waals surface area contributed by atoms with Crippen LogP contribution in [-0.4, -0.2) is 18.5 Å². The number of rotatable bonds is 7. The lowest BCUT2D eigenvalue weighted by Gasteiger charge is -2.05. The Labute approximate surface area is 161 Å². The Balaban J connectivity index is 1.70.